The summed E-state index contributed by atoms with van der Waals surface area (Å²) in [4.78, 5) is 2.20. The second-order valence-electron chi connectivity index (χ2n) is 5.83. The summed E-state index contributed by atoms with van der Waals surface area (Å²) >= 11 is 6.18. The minimum Gasteiger partial charge on any atom is -0.383 e. The van der Waals surface area contributed by atoms with Crippen molar-refractivity contribution in [2.24, 2.45) is 0 Å². The standard InChI is InChI=1S/C15H26ClN3O/c1-18(10-13(16)12-20-2)11-14-8-9-19(17-14)15-6-4-3-5-7-15/h8-9,13,15H,3-7,10-12H2,1-2H3. The van der Waals surface area contributed by atoms with Gasteiger partial charge >= 0.3 is 0 Å². The van der Waals surface area contributed by atoms with Crippen molar-refractivity contribution in [1.29, 1.82) is 0 Å². The van der Waals surface area contributed by atoms with Gasteiger partial charge in [-0.25, -0.2) is 0 Å². The van der Waals surface area contributed by atoms with Crippen molar-refractivity contribution in [2.75, 3.05) is 27.3 Å². The van der Waals surface area contributed by atoms with E-state index in [-0.39, 0.29) is 5.38 Å². The van der Waals surface area contributed by atoms with Crippen LogP contribution in [-0.4, -0.2) is 47.4 Å². The Hall–Kier alpha value is -0.580. The fourth-order valence-electron chi connectivity index (χ4n) is 2.92. The Balaban J connectivity index is 1.82. The van der Waals surface area contributed by atoms with E-state index < -0.39 is 0 Å². The molecule has 1 aliphatic rings. The molecule has 20 heavy (non-hydrogen) atoms. The van der Waals surface area contributed by atoms with Gasteiger partial charge in [-0.1, -0.05) is 19.3 Å². The van der Waals surface area contributed by atoms with Gasteiger partial charge in [0.1, 0.15) is 0 Å². The first kappa shape index (κ1) is 15.8. The maximum Gasteiger partial charge on any atom is 0.0764 e. The van der Waals surface area contributed by atoms with Gasteiger partial charge in [0.05, 0.1) is 23.7 Å². The first-order valence-electron chi connectivity index (χ1n) is 7.54. The first-order valence-corrected chi connectivity index (χ1v) is 7.98. The number of aromatic nitrogens is 2. The molecule has 0 aliphatic heterocycles. The summed E-state index contributed by atoms with van der Waals surface area (Å²) in [5.74, 6) is 0. The maximum atomic E-state index is 6.18. The van der Waals surface area contributed by atoms with E-state index in [1.807, 2.05) is 0 Å². The molecule has 1 aromatic rings. The number of alkyl halides is 1. The minimum atomic E-state index is 0.0328. The zero-order valence-electron chi connectivity index (χ0n) is 12.6. The Morgan fingerprint density at radius 2 is 2.20 bits per heavy atom. The Morgan fingerprint density at radius 1 is 1.45 bits per heavy atom. The molecule has 0 aromatic carbocycles. The van der Waals surface area contributed by atoms with E-state index >= 15 is 0 Å². The van der Waals surface area contributed by atoms with Crippen molar-refractivity contribution >= 4 is 11.6 Å². The average molecular weight is 300 g/mol. The normalized spacial score (nSPS) is 18.6. The highest BCUT2D eigenvalue weighted by atomic mass is 35.5. The number of rotatable bonds is 7. The molecule has 1 atom stereocenters. The molecular formula is C15H26ClN3O. The number of halogens is 1. The van der Waals surface area contributed by atoms with Crippen LogP contribution in [0.3, 0.4) is 0 Å². The Bertz CT molecular complexity index is 390. The molecule has 0 amide bonds. The van der Waals surface area contributed by atoms with Gasteiger partial charge in [-0.3, -0.25) is 9.58 Å². The van der Waals surface area contributed by atoms with Gasteiger partial charge in [-0.2, -0.15) is 5.10 Å². The van der Waals surface area contributed by atoms with Gasteiger partial charge in [0.2, 0.25) is 0 Å². The number of ether oxygens (including phenoxy) is 1. The lowest BCUT2D eigenvalue weighted by atomic mass is 9.96. The average Bonchev–Trinajstić information content (AvgIpc) is 2.88. The second-order valence-corrected chi connectivity index (χ2v) is 6.45. The molecule has 1 aliphatic carbocycles. The van der Waals surface area contributed by atoms with Gasteiger partial charge in [-0.15, -0.1) is 11.6 Å². The van der Waals surface area contributed by atoms with Crippen molar-refractivity contribution < 1.29 is 4.74 Å². The molecule has 0 bridgehead atoms. The molecule has 4 nitrogen and oxygen atoms in total. The van der Waals surface area contributed by atoms with Crippen LogP contribution in [-0.2, 0) is 11.3 Å². The molecule has 0 saturated heterocycles. The van der Waals surface area contributed by atoms with Crippen LogP contribution < -0.4 is 0 Å². The van der Waals surface area contributed by atoms with E-state index in [4.69, 9.17) is 21.4 Å². The lowest BCUT2D eigenvalue weighted by Gasteiger charge is -2.22. The summed E-state index contributed by atoms with van der Waals surface area (Å²) in [6.07, 6.45) is 8.73. The van der Waals surface area contributed by atoms with Gasteiger partial charge in [-0.05, 0) is 26.0 Å². The topological polar surface area (TPSA) is 30.3 Å². The van der Waals surface area contributed by atoms with E-state index in [1.165, 1.54) is 32.1 Å². The summed E-state index contributed by atoms with van der Waals surface area (Å²) < 4.78 is 7.22. The van der Waals surface area contributed by atoms with Crippen molar-refractivity contribution in [1.82, 2.24) is 14.7 Å². The molecule has 1 fully saturated rings. The second kappa shape index (κ2) is 8.01. The molecule has 2 rings (SSSR count). The lowest BCUT2D eigenvalue weighted by Crippen LogP contribution is -2.28. The Morgan fingerprint density at radius 3 is 2.90 bits per heavy atom. The van der Waals surface area contributed by atoms with Gasteiger partial charge in [0, 0.05) is 26.4 Å². The van der Waals surface area contributed by atoms with Crippen LogP contribution in [0.4, 0.5) is 0 Å². The number of nitrogens with zero attached hydrogens (tertiary/aromatic N) is 3. The first-order chi connectivity index (χ1) is 9.69. The van der Waals surface area contributed by atoms with Crippen LogP contribution in [0.15, 0.2) is 12.3 Å². The predicted molar refractivity (Wildman–Crippen MR) is 82.2 cm³/mol. The molecule has 114 valence electrons. The quantitative estimate of drug-likeness (QED) is 0.725. The van der Waals surface area contributed by atoms with Crippen LogP contribution in [0.2, 0.25) is 0 Å². The van der Waals surface area contributed by atoms with Crippen molar-refractivity contribution in [3.63, 3.8) is 0 Å². The van der Waals surface area contributed by atoms with Gasteiger partial charge in [0.25, 0.3) is 0 Å². The molecule has 1 heterocycles. The Labute approximate surface area is 127 Å². The summed E-state index contributed by atoms with van der Waals surface area (Å²) in [6.45, 7) is 2.24. The summed E-state index contributed by atoms with van der Waals surface area (Å²) in [7, 11) is 3.76. The van der Waals surface area contributed by atoms with Gasteiger partial charge < -0.3 is 4.74 Å². The number of methoxy groups -OCH3 is 1. The van der Waals surface area contributed by atoms with Crippen molar-refractivity contribution in [2.45, 2.75) is 50.1 Å². The summed E-state index contributed by atoms with van der Waals surface area (Å²) in [5.41, 5.74) is 1.12. The van der Waals surface area contributed by atoms with Crippen LogP contribution in [0.5, 0.6) is 0 Å². The largest absolute Gasteiger partial charge is 0.383 e. The Kier molecular flexibility index (Phi) is 6.33. The molecule has 0 spiro atoms. The van der Waals surface area contributed by atoms with E-state index in [0.29, 0.717) is 12.6 Å². The molecule has 1 unspecified atom stereocenters. The highest BCUT2D eigenvalue weighted by Crippen LogP contribution is 2.27. The van der Waals surface area contributed by atoms with E-state index in [2.05, 4.69) is 28.9 Å². The SMILES string of the molecule is COCC(Cl)CN(C)Cc1ccn(C2CCCCC2)n1. The van der Waals surface area contributed by atoms with E-state index in [0.717, 1.165) is 18.8 Å². The monoisotopic (exact) mass is 299 g/mol. The summed E-state index contributed by atoms with van der Waals surface area (Å²) in [5, 5.41) is 4.76. The van der Waals surface area contributed by atoms with Gasteiger partial charge in [0.15, 0.2) is 0 Å². The third kappa shape index (κ3) is 4.76. The maximum absolute atomic E-state index is 6.18. The minimum absolute atomic E-state index is 0.0328. The highest BCUT2D eigenvalue weighted by Gasteiger charge is 2.16. The van der Waals surface area contributed by atoms with Crippen molar-refractivity contribution in [3.8, 4) is 0 Å². The third-order valence-electron chi connectivity index (χ3n) is 3.90. The van der Waals surface area contributed by atoms with E-state index in [1.54, 1.807) is 7.11 Å². The summed E-state index contributed by atoms with van der Waals surface area (Å²) in [6, 6.07) is 2.74. The molecule has 1 aromatic heterocycles. The van der Waals surface area contributed by atoms with Crippen LogP contribution in [0.1, 0.15) is 43.8 Å². The smallest absolute Gasteiger partial charge is 0.0764 e. The zero-order valence-corrected chi connectivity index (χ0v) is 13.4. The lowest BCUT2D eigenvalue weighted by molar-refractivity contribution is 0.181. The third-order valence-corrected chi connectivity index (χ3v) is 4.17. The van der Waals surface area contributed by atoms with Crippen LogP contribution in [0.25, 0.3) is 0 Å². The zero-order chi connectivity index (χ0) is 14.4. The fourth-order valence-corrected chi connectivity index (χ4v) is 3.29. The molecule has 0 radical (unpaired) electrons. The molecule has 0 N–H and O–H groups in total. The molecular weight excluding hydrogens is 274 g/mol. The van der Waals surface area contributed by atoms with Crippen molar-refractivity contribution in [3.05, 3.63) is 18.0 Å². The van der Waals surface area contributed by atoms with Crippen LogP contribution >= 0.6 is 11.6 Å². The van der Waals surface area contributed by atoms with Crippen LogP contribution in [0, 0.1) is 0 Å². The fraction of sp³-hybridized carbons (Fsp3) is 0.800. The molecule has 1 saturated carbocycles. The predicted octanol–water partition coefficient (Wildman–Crippen LogP) is 3.07. The van der Waals surface area contributed by atoms with E-state index in [9.17, 15) is 0 Å². The highest BCUT2D eigenvalue weighted by molar-refractivity contribution is 6.20. The molecule has 5 heteroatoms. The number of hydrogen-bond acceptors (Lipinski definition) is 3. The number of hydrogen-bond donors (Lipinski definition) is 0.